The van der Waals surface area contributed by atoms with Crippen molar-refractivity contribution in [2.24, 2.45) is 5.92 Å². The molecule has 7 heteroatoms. The largest absolute Gasteiger partial charge is 0.444 e. The topological polar surface area (TPSA) is 79.9 Å². The SMILES string of the molecule is CC(C)C[C@@H](CNC(=O)CCNC(=O)OC(C)(C)C)N1CCOCC1. The van der Waals surface area contributed by atoms with Crippen LogP contribution in [0.2, 0.25) is 0 Å². The van der Waals surface area contributed by atoms with E-state index < -0.39 is 11.7 Å². The molecular weight excluding hydrogens is 322 g/mol. The number of carbonyl (C=O) groups excluding carboxylic acids is 2. The second kappa shape index (κ2) is 10.6. The number of morpholine rings is 1. The zero-order valence-corrected chi connectivity index (χ0v) is 16.4. The van der Waals surface area contributed by atoms with Crippen LogP contribution in [-0.4, -0.2) is 67.9 Å². The van der Waals surface area contributed by atoms with Crippen molar-refractivity contribution < 1.29 is 19.1 Å². The summed E-state index contributed by atoms with van der Waals surface area (Å²) in [6.45, 7) is 14.0. The zero-order chi connectivity index (χ0) is 18.9. The predicted molar refractivity (Wildman–Crippen MR) is 97.5 cm³/mol. The van der Waals surface area contributed by atoms with E-state index in [2.05, 4.69) is 29.4 Å². The smallest absolute Gasteiger partial charge is 0.407 e. The van der Waals surface area contributed by atoms with Gasteiger partial charge in [0.1, 0.15) is 5.60 Å². The van der Waals surface area contributed by atoms with Crippen LogP contribution in [0.4, 0.5) is 4.79 Å². The van der Waals surface area contributed by atoms with Crippen LogP contribution in [0.15, 0.2) is 0 Å². The average Bonchev–Trinajstić information content (AvgIpc) is 2.50. The van der Waals surface area contributed by atoms with Crippen molar-refractivity contribution in [3.8, 4) is 0 Å². The van der Waals surface area contributed by atoms with Gasteiger partial charge in [-0.2, -0.15) is 0 Å². The van der Waals surface area contributed by atoms with Crippen molar-refractivity contribution in [2.45, 2.75) is 59.1 Å². The van der Waals surface area contributed by atoms with E-state index in [1.54, 1.807) is 20.8 Å². The number of alkyl carbamates (subject to hydrolysis) is 1. The Balaban J connectivity index is 2.30. The van der Waals surface area contributed by atoms with Crippen LogP contribution >= 0.6 is 0 Å². The molecule has 1 fully saturated rings. The molecule has 0 aromatic heterocycles. The van der Waals surface area contributed by atoms with Gasteiger partial charge in [-0.25, -0.2) is 4.79 Å². The number of carbonyl (C=O) groups is 2. The Kier molecular flexibility index (Phi) is 9.21. The van der Waals surface area contributed by atoms with Crippen molar-refractivity contribution in [3.63, 3.8) is 0 Å². The molecule has 1 rings (SSSR count). The Labute approximate surface area is 151 Å². The summed E-state index contributed by atoms with van der Waals surface area (Å²) in [6.07, 6.45) is 0.791. The molecule has 7 nitrogen and oxygen atoms in total. The lowest BCUT2D eigenvalue weighted by Crippen LogP contribution is -2.49. The molecule has 146 valence electrons. The minimum absolute atomic E-state index is 0.0573. The molecule has 0 aromatic carbocycles. The molecule has 0 unspecified atom stereocenters. The van der Waals surface area contributed by atoms with Crippen molar-refractivity contribution in [2.75, 3.05) is 39.4 Å². The van der Waals surface area contributed by atoms with Crippen LogP contribution in [0.1, 0.15) is 47.5 Å². The summed E-state index contributed by atoms with van der Waals surface area (Å²) in [7, 11) is 0. The molecule has 2 amide bonds. The molecular formula is C18H35N3O4. The maximum absolute atomic E-state index is 12.0. The Hall–Kier alpha value is -1.34. The number of nitrogens with zero attached hydrogens (tertiary/aromatic N) is 1. The van der Waals surface area contributed by atoms with Gasteiger partial charge in [-0.3, -0.25) is 9.69 Å². The molecule has 1 saturated heterocycles. The van der Waals surface area contributed by atoms with Gasteiger partial charge in [0.25, 0.3) is 0 Å². The fourth-order valence-electron chi connectivity index (χ4n) is 2.76. The molecule has 25 heavy (non-hydrogen) atoms. The van der Waals surface area contributed by atoms with E-state index in [0.29, 0.717) is 18.5 Å². The highest BCUT2D eigenvalue weighted by Gasteiger charge is 2.22. The minimum atomic E-state index is -0.533. The molecule has 0 bridgehead atoms. The number of nitrogens with one attached hydrogen (secondary N) is 2. The van der Waals surface area contributed by atoms with Crippen molar-refractivity contribution in [1.29, 1.82) is 0 Å². The van der Waals surface area contributed by atoms with Crippen LogP contribution in [0.3, 0.4) is 0 Å². The second-order valence-corrected chi connectivity index (χ2v) is 7.91. The van der Waals surface area contributed by atoms with E-state index in [1.807, 2.05) is 0 Å². The lowest BCUT2D eigenvalue weighted by atomic mass is 10.0. The van der Waals surface area contributed by atoms with Crippen molar-refractivity contribution >= 4 is 12.0 Å². The third-order valence-corrected chi connectivity index (χ3v) is 3.86. The summed E-state index contributed by atoms with van der Waals surface area (Å²) in [5.74, 6) is 0.511. The molecule has 1 heterocycles. The summed E-state index contributed by atoms with van der Waals surface area (Å²) in [4.78, 5) is 26.0. The second-order valence-electron chi connectivity index (χ2n) is 7.91. The monoisotopic (exact) mass is 357 g/mol. The molecule has 1 aliphatic heterocycles. The third kappa shape index (κ3) is 10.3. The maximum Gasteiger partial charge on any atom is 0.407 e. The van der Waals surface area contributed by atoms with E-state index in [9.17, 15) is 9.59 Å². The van der Waals surface area contributed by atoms with Crippen LogP contribution < -0.4 is 10.6 Å². The van der Waals surface area contributed by atoms with Crippen LogP contribution in [0, 0.1) is 5.92 Å². The number of hydrogen-bond donors (Lipinski definition) is 2. The molecule has 0 radical (unpaired) electrons. The van der Waals surface area contributed by atoms with Crippen LogP contribution in [0.25, 0.3) is 0 Å². The van der Waals surface area contributed by atoms with Gasteiger partial charge >= 0.3 is 6.09 Å². The van der Waals surface area contributed by atoms with E-state index in [0.717, 1.165) is 32.7 Å². The molecule has 0 aliphatic carbocycles. The number of amides is 2. The highest BCUT2D eigenvalue weighted by molar-refractivity contribution is 5.77. The van der Waals surface area contributed by atoms with Gasteiger partial charge < -0.3 is 20.1 Å². The molecule has 2 N–H and O–H groups in total. The Morgan fingerprint density at radius 1 is 1.16 bits per heavy atom. The lowest BCUT2D eigenvalue weighted by Gasteiger charge is -2.35. The normalized spacial score (nSPS) is 17.2. The average molecular weight is 357 g/mol. The quantitative estimate of drug-likeness (QED) is 0.692. The highest BCUT2D eigenvalue weighted by Crippen LogP contribution is 2.13. The maximum atomic E-state index is 12.0. The first kappa shape index (κ1) is 21.7. The van der Waals surface area contributed by atoms with E-state index in [4.69, 9.17) is 9.47 Å². The Bertz CT molecular complexity index is 415. The van der Waals surface area contributed by atoms with Gasteiger partial charge in [0.05, 0.1) is 13.2 Å². The first-order valence-corrected chi connectivity index (χ1v) is 9.22. The fourth-order valence-corrected chi connectivity index (χ4v) is 2.76. The number of ether oxygens (including phenoxy) is 2. The summed E-state index contributed by atoms with van der Waals surface area (Å²) in [5, 5.41) is 5.60. The first-order valence-electron chi connectivity index (χ1n) is 9.22. The van der Waals surface area contributed by atoms with Gasteiger partial charge in [-0.05, 0) is 33.1 Å². The predicted octanol–water partition coefficient (Wildman–Crippen LogP) is 1.76. The highest BCUT2D eigenvalue weighted by atomic mass is 16.6. The van der Waals surface area contributed by atoms with Crippen LogP contribution in [-0.2, 0) is 14.3 Å². The molecule has 1 aliphatic rings. The number of rotatable bonds is 8. The first-order chi connectivity index (χ1) is 11.7. The Morgan fingerprint density at radius 2 is 1.80 bits per heavy atom. The molecule has 0 aromatic rings. The van der Waals surface area contributed by atoms with E-state index in [-0.39, 0.29) is 18.9 Å². The molecule has 0 spiro atoms. The van der Waals surface area contributed by atoms with Gasteiger partial charge in [0, 0.05) is 38.6 Å². The summed E-state index contributed by atoms with van der Waals surface area (Å²) in [5.41, 5.74) is -0.533. The van der Waals surface area contributed by atoms with Gasteiger partial charge in [0.15, 0.2) is 0 Å². The van der Waals surface area contributed by atoms with E-state index in [1.165, 1.54) is 0 Å². The Morgan fingerprint density at radius 3 is 2.36 bits per heavy atom. The molecule has 1 atom stereocenters. The zero-order valence-electron chi connectivity index (χ0n) is 16.4. The summed E-state index contributed by atoms with van der Waals surface area (Å²) in [6, 6.07) is 0.326. The van der Waals surface area contributed by atoms with Gasteiger partial charge in [-0.1, -0.05) is 13.8 Å². The third-order valence-electron chi connectivity index (χ3n) is 3.86. The summed E-state index contributed by atoms with van der Waals surface area (Å²) < 4.78 is 10.5. The lowest BCUT2D eigenvalue weighted by molar-refractivity contribution is -0.121. The molecule has 0 saturated carbocycles. The van der Waals surface area contributed by atoms with Crippen LogP contribution in [0.5, 0.6) is 0 Å². The number of hydrogen-bond acceptors (Lipinski definition) is 5. The van der Waals surface area contributed by atoms with Crippen molar-refractivity contribution in [1.82, 2.24) is 15.5 Å². The van der Waals surface area contributed by atoms with E-state index >= 15 is 0 Å². The van der Waals surface area contributed by atoms with Gasteiger partial charge in [0.2, 0.25) is 5.91 Å². The minimum Gasteiger partial charge on any atom is -0.444 e. The van der Waals surface area contributed by atoms with Crippen molar-refractivity contribution in [3.05, 3.63) is 0 Å². The summed E-state index contributed by atoms with van der Waals surface area (Å²) >= 11 is 0. The standard InChI is InChI=1S/C18H35N3O4/c1-14(2)12-15(21-8-10-24-11-9-21)13-20-16(22)6-7-19-17(23)25-18(3,4)5/h14-15H,6-13H2,1-5H3,(H,19,23)(H,20,22)/t15-/m0/s1. The van der Waals surface area contributed by atoms with Gasteiger partial charge in [-0.15, -0.1) is 0 Å². The fraction of sp³-hybridized carbons (Fsp3) is 0.889.